The molecule has 0 aliphatic heterocycles. The molecule has 1 aromatic carbocycles. The van der Waals surface area contributed by atoms with E-state index in [4.69, 9.17) is 4.74 Å². The molecule has 216 valence electrons. The zero-order valence-electron chi connectivity index (χ0n) is 22.4. The normalized spacial score (nSPS) is 40.5. The quantitative estimate of drug-likeness (QED) is 0.398. The molecular weight excluding hydrogens is 543 g/mol. The van der Waals surface area contributed by atoms with Gasteiger partial charge < -0.3 is 19.5 Å². The number of carbonyl (C=O) groups excluding carboxylic acids is 3. The summed E-state index contributed by atoms with van der Waals surface area (Å²) in [5.41, 5.74) is -6.24. The molecule has 0 spiro atoms. The number of benzene rings is 1. The first-order valence-corrected chi connectivity index (χ1v) is 14.7. The van der Waals surface area contributed by atoms with E-state index in [2.05, 4.69) is 0 Å². The maximum atomic E-state index is 17.3. The molecule has 2 N–H and O–H groups in total. The van der Waals surface area contributed by atoms with E-state index in [-0.39, 0.29) is 17.8 Å². The topological polar surface area (TPSA) is 158 Å². The number of aliphatic hydroxyl groups is 2. The zero-order valence-corrected chi connectivity index (χ0v) is 23.2. The molecule has 0 radical (unpaired) electrons. The number of alkyl halides is 1. The molecule has 8 atom stereocenters. The van der Waals surface area contributed by atoms with Crippen LogP contribution in [0.5, 0.6) is 0 Å². The Balaban J connectivity index is 1.41. The van der Waals surface area contributed by atoms with E-state index in [0.29, 0.717) is 24.8 Å². The van der Waals surface area contributed by atoms with Gasteiger partial charge in [0.2, 0.25) is 5.78 Å². The van der Waals surface area contributed by atoms with E-state index in [1.807, 2.05) is 0 Å². The molecule has 4 aliphatic rings. The first-order chi connectivity index (χ1) is 18.5. The third-order valence-corrected chi connectivity index (χ3v) is 11.2. The molecule has 5 rings (SSSR count). The Bertz CT molecular complexity index is 1470. The number of allylic oxidation sites excluding steroid dienone is 4. The number of Topliss-reactive ketones (excluding diaryl/α,β-unsaturated/α-hetero) is 1. The zero-order chi connectivity index (χ0) is 29.5. The van der Waals surface area contributed by atoms with Gasteiger partial charge in [-0.25, -0.2) is 17.6 Å². The molecule has 40 heavy (non-hydrogen) atoms. The Kier molecular flexibility index (Phi) is 6.58. The van der Waals surface area contributed by atoms with Crippen LogP contribution in [0.25, 0.3) is 0 Å². The first kappa shape index (κ1) is 28.8. The number of ether oxygens (including phenoxy) is 1. The Labute approximate surface area is 231 Å². The maximum absolute atomic E-state index is 17.3. The molecular formula is C29H32FO9S-. The molecule has 9 nitrogen and oxygen atoms in total. The van der Waals surface area contributed by atoms with Gasteiger partial charge in [0, 0.05) is 16.7 Å². The lowest BCUT2D eigenvalue weighted by Crippen LogP contribution is -2.69. The number of aliphatic hydroxyl groups excluding tert-OH is 1. The summed E-state index contributed by atoms with van der Waals surface area (Å²) >= 11 is 0. The number of hydrogen-bond acceptors (Lipinski definition) is 9. The molecule has 0 bridgehead atoms. The van der Waals surface area contributed by atoms with E-state index in [9.17, 15) is 37.6 Å². The fraction of sp³-hybridized carbons (Fsp3) is 0.552. The minimum absolute atomic E-state index is 0.223. The highest BCUT2D eigenvalue weighted by Crippen LogP contribution is 2.70. The largest absolute Gasteiger partial charge is 0.744 e. The Morgan fingerprint density at radius 3 is 2.60 bits per heavy atom. The van der Waals surface area contributed by atoms with E-state index in [0.717, 1.165) is 12.1 Å². The standard InChI is InChI=1S/C29H33FO9S/c1-16-11-22-21-8-7-18-13-19(31)9-10-26(18,2)28(21,30)23(32)14-27(22,3)29(16,35)24(33)15-39-25(34)17-5-4-6-20(12-17)40(36,37)38/h4-6,9-10,12-13,16,21-23,32,35H,7-8,11,14-15H2,1-3H3,(H,36,37,38)/p-1. The molecule has 8 unspecified atom stereocenters. The van der Waals surface area contributed by atoms with Gasteiger partial charge in [-0.1, -0.05) is 31.6 Å². The summed E-state index contributed by atoms with van der Waals surface area (Å²) in [5.74, 6) is -3.93. The first-order valence-electron chi connectivity index (χ1n) is 13.3. The third-order valence-electron chi connectivity index (χ3n) is 10.3. The average Bonchev–Trinajstić information content (AvgIpc) is 3.09. The Morgan fingerprint density at radius 1 is 1.23 bits per heavy atom. The van der Waals surface area contributed by atoms with Gasteiger partial charge in [-0.15, -0.1) is 0 Å². The number of esters is 1. The van der Waals surface area contributed by atoms with Crippen LogP contribution in [0.1, 0.15) is 56.8 Å². The second kappa shape index (κ2) is 9.14. The van der Waals surface area contributed by atoms with Crippen LogP contribution < -0.4 is 0 Å². The van der Waals surface area contributed by atoms with Crippen molar-refractivity contribution >= 4 is 27.7 Å². The number of ketones is 2. The van der Waals surface area contributed by atoms with Crippen molar-refractivity contribution in [1.82, 2.24) is 0 Å². The summed E-state index contributed by atoms with van der Waals surface area (Å²) in [7, 11) is -4.82. The van der Waals surface area contributed by atoms with Gasteiger partial charge in [-0.05, 0) is 74.8 Å². The van der Waals surface area contributed by atoms with E-state index < -0.39 is 79.3 Å². The van der Waals surface area contributed by atoms with Crippen molar-refractivity contribution in [3.63, 3.8) is 0 Å². The molecule has 3 fully saturated rings. The number of halogens is 1. The van der Waals surface area contributed by atoms with Crippen molar-refractivity contribution in [3.05, 3.63) is 53.6 Å². The van der Waals surface area contributed by atoms with Crippen molar-refractivity contribution in [2.45, 2.75) is 68.7 Å². The highest BCUT2D eigenvalue weighted by molar-refractivity contribution is 7.85. The van der Waals surface area contributed by atoms with E-state index in [1.54, 1.807) is 20.8 Å². The molecule has 0 aromatic heterocycles. The van der Waals surface area contributed by atoms with E-state index >= 15 is 4.39 Å². The van der Waals surface area contributed by atoms with Crippen molar-refractivity contribution < 1.29 is 46.7 Å². The summed E-state index contributed by atoms with van der Waals surface area (Å²) in [6.07, 6.45) is 3.60. The molecule has 0 heterocycles. The minimum Gasteiger partial charge on any atom is -0.744 e. The number of fused-ring (bicyclic) bond motifs is 5. The van der Waals surface area contributed by atoms with Crippen LogP contribution in [0.2, 0.25) is 0 Å². The van der Waals surface area contributed by atoms with Crippen LogP contribution in [0.3, 0.4) is 0 Å². The van der Waals surface area contributed by atoms with Crippen molar-refractivity contribution in [3.8, 4) is 0 Å². The Morgan fingerprint density at radius 2 is 1.93 bits per heavy atom. The van der Waals surface area contributed by atoms with Gasteiger partial charge >= 0.3 is 5.97 Å². The van der Waals surface area contributed by atoms with Crippen LogP contribution in [-0.4, -0.2) is 64.7 Å². The van der Waals surface area contributed by atoms with Crippen molar-refractivity contribution in [2.24, 2.45) is 28.6 Å². The van der Waals surface area contributed by atoms with Gasteiger partial charge in [0.05, 0.1) is 16.6 Å². The third kappa shape index (κ3) is 3.81. The fourth-order valence-electron chi connectivity index (χ4n) is 8.24. The van der Waals surface area contributed by atoms with Gasteiger partial charge in [0.25, 0.3) is 0 Å². The van der Waals surface area contributed by atoms with E-state index in [1.165, 1.54) is 30.4 Å². The molecule has 11 heteroatoms. The molecule has 0 saturated heterocycles. The van der Waals surface area contributed by atoms with Gasteiger partial charge in [0.15, 0.2) is 18.1 Å². The van der Waals surface area contributed by atoms with Gasteiger partial charge in [-0.3, -0.25) is 9.59 Å². The molecule has 1 aromatic rings. The van der Waals surface area contributed by atoms with Crippen LogP contribution >= 0.6 is 0 Å². The van der Waals surface area contributed by atoms with Crippen LogP contribution in [0.4, 0.5) is 4.39 Å². The second-order valence-corrected chi connectivity index (χ2v) is 13.5. The Hall–Kier alpha value is -2.73. The monoisotopic (exact) mass is 575 g/mol. The van der Waals surface area contributed by atoms with Gasteiger partial charge in [0.1, 0.15) is 15.7 Å². The summed E-state index contributed by atoms with van der Waals surface area (Å²) in [6, 6.07) is 4.29. The number of rotatable bonds is 5. The predicted molar refractivity (Wildman–Crippen MR) is 138 cm³/mol. The van der Waals surface area contributed by atoms with Crippen molar-refractivity contribution in [1.29, 1.82) is 0 Å². The summed E-state index contributed by atoms with van der Waals surface area (Å²) in [5, 5.41) is 23.4. The fourth-order valence-corrected chi connectivity index (χ4v) is 8.76. The van der Waals surface area contributed by atoms with Gasteiger partial charge in [-0.2, -0.15) is 0 Å². The summed E-state index contributed by atoms with van der Waals surface area (Å²) in [4.78, 5) is 37.5. The van der Waals surface area contributed by atoms with Crippen LogP contribution in [-0.2, 0) is 24.4 Å². The minimum atomic E-state index is -4.82. The van der Waals surface area contributed by atoms with Crippen LogP contribution in [0, 0.1) is 28.6 Å². The number of hydrogen-bond donors (Lipinski definition) is 2. The lowest BCUT2D eigenvalue weighted by atomic mass is 9.44. The number of carbonyl (C=O) groups is 3. The highest BCUT2D eigenvalue weighted by Gasteiger charge is 2.75. The van der Waals surface area contributed by atoms with Crippen molar-refractivity contribution in [2.75, 3.05) is 6.61 Å². The summed E-state index contributed by atoms with van der Waals surface area (Å²) in [6.45, 7) is 4.18. The lowest BCUT2D eigenvalue weighted by Gasteiger charge is -2.62. The second-order valence-electron chi connectivity index (χ2n) is 12.1. The lowest BCUT2D eigenvalue weighted by molar-refractivity contribution is -0.219. The average molecular weight is 576 g/mol. The summed E-state index contributed by atoms with van der Waals surface area (Å²) < 4.78 is 56.3. The smallest absolute Gasteiger partial charge is 0.338 e. The molecule has 3 saturated carbocycles. The SMILES string of the molecule is CC1CC2C3CCC4=CC(=O)C=CC4(C)C3(F)C(O)CC2(C)C1(O)C(=O)COC(=O)c1cccc(S(=O)(=O)[O-])c1. The van der Waals surface area contributed by atoms with Crippen LogP contribution in [0.15, 0.2) is 53.0 Å². The predicted octanol–water partition coefficient (Wildman–Crippen LogP) is 2.66. The molecule has 4 aliphatic carbocycles. The maximum Gasteiger partial charge on any atom is 0.338 e. The highest BCUT2D eigenvalue weighted by atomic mass is 32.2. The molecule has 0 amide bonds.